The molecule has 1 heterocycles. The van der Waals surface area contributed by atoms with Crippen molar-refractivity contribution in [2.24, 2.45) is 11.3 Å². The van der Waals surface area contributed by atoms with Crippen molar-refractivity contribution < 1.29 is 4.79 Å². The van der Waals surface area contributed by atoms with E-state index in [-0.39, 0.29) is 17.4 Å². The van der Waals surface area contributed by atoms with E-state index in [0.29, 0.717) is 12.5 Å². The van der Waals surface area contributed by atoms with E-state index in [4.69, 9.17) is 5.26 Å². The van der Waals surface area contributed by atoms with E-state index in [0.717, 1.165) is 25.9 Å². The normalized spacial score (nSPS) is 25.5. The summed E-state index contributed by atoms with van der Waals surface area (Å²) in [6.45, 7) is 10.2. The summed E-state index contributed by atoms with van der Waals surface area (Å²) in [5, 5.41) is 11.9. The second kappa shape index (κ2) is 6.19. The molecule has 1 fully saturated rings. The molecule has 4 nitrogen and oxygen atoms in total. The van der Waals surface area contributed by atoms with Gasteiger partial charge in [-0.15, -0.1) is 0 Å². The Balaban J connectivity index is 2.59. The van der Waals surface area contributed by atoms with Crippen LogP contribution in [0.5, 0.6) is 0 Å². The number of nitrogens with zero attached hydrogens (tertiary/aromatic N) is 2. The van der Waals surface area contributed by atoms with Gasteiger partial charge in [-0.1, -0.05) is 34.1 Å². The first kappa shape index (κ1) is 15.0. The third kappa shape index (κ3) is 4.30. The van der Waals surface area contributed by atoms with Crippen molar-refractivity contribution in [1.82, 2.24) is 10.2 Å². The van der Waals surface area contributed by atoms with Gasteiger partial charge in [0.15, 0.2) is 0 Å². The van der Waals surface area contributed by atoms with Crippen molar-refractivity contribution in [3.63, 3.8) is 0 Å². The van der Waals surface area contributed by atoms with E-state index < -0.39 is 0 Å². The van der Waals surface area contributed by atoms with Gasteiger partial charge in [-0.05, 0) is 12.3 Å². The highest BCUT2D eigenvalue weighted by Gasteiger charge is 2.30. The fraction of sp³-hybridized carbons (Fsp3) is 0.857. The molecule has 4 heteroatoms. The van der Waals surface area contributed by atoms with Crippen LogP contribution in [0.15, 0.2) is 0 Å². The van der Waals surface area contributed by atoms with Gasteiger partial charge in [-0.2, -0.15) is 5.26 Å². The molecule has 0 aromatic heterocycles. The Morgan fingerprint density at radius 2 is 2.11 bits per heavy atom. The van der Waals surface area contributed by atoms with Gasteiger partial charge >= 0.3 is 0 Å². The number of rotatable bonds is 3. The maximum Gasteiger partial charge on any atom is 0.225 e. The van der Waals surface area contributed by atoms with Crippen LogP contribution >= 0.6 is 0 Å². The molecule has 0 radical (unpaired) electrons. The van der Waals surface area contributed by atoms with Crippen molar-refractivity contribution in [2.45, 2.75) is 46.6 Å². The topological polar surface area (TPSA) is 56.1 Å². The van der Waals surface area contributed by atoms with Gasteiger partial charge in [0.05, 0.1) is 12.6 Å². The molecule has 1 rings (SSSR count). The molecule has 0 aromatic carbocycles. The number of nitriles is 1. The summed E-state index contributed by atoms with van der Waals surface area (Å²) in [7, 11) is 0. The fourth-order valence-electron chi connectivity index (χ4n) is 2.33. The van der Waals surface area contributed by atoms with Crippen LogP contribution < -0.4 is 5.32 Å². The number of nitrogens with one attached hydrogen (secondary N) is 1. The molecule has 1 amide bonds. The Kier molecular flexibility index (Phi) is 5.15. The number of piperidine rings is 1. The molecule has 0 saturated carbocycles. The third-order valence-electron chi connectivity index (χ3n) is 3.50. The zero-order valence-corrected chi connectivity index (χ0v) is 12.0. The number of hydrogen-bond acceptors (Lipinski definition) is 3. The van der Waals surface area contributed by atoms with E-state index in [1.165, 1.54) is 0 Å². The summed E-state index contributed by atoms with van der Waals surface area (Å²) in [4.78, 5) is 14.1. The van der Waals surface area contributed by atoms with Gasteiger partial charge in [0.1, 0.15) is 0 Å². The van der Waals surface area contributed by atoms with Crippen LogP contribution in [-0.2, 0) is 4.79 Å². The van der Waals surface area contributed by atoms with Gasteiger partial charge in [-0.25, -0.2) is 0 Å². The third-order valence-corrected chi connectivity index (χ3v) is 3.50. The number of amides is 1. The summed E-state index contributed by atoms with van der Waals surface area (Å²) >= 11 is 0. The summed E-state index contributed by atoms with van der Waals surface area (Å²) < 4.78 is 0. The van der Waals surface area contributed by atoms with Crippen molar-refractivity contribution in [3.05, 3.63) is 0 Å². The van der Waals surface area contributed by atoms with Crippen LogP contribution in [0, 0.1) is 22.7 Å². The van der Waals surface area contributed by atoms with E-state index in [1.54, 1.807) is 0 Å². The molecule has 2 atom stereocenters. The molecule has 102 valence electrons. The van der Waals surface area contributed by atoms with Gasteiger partial charge in [0.2, 0.25) is 5.91 Å². The van der Waals surface area contributed by atoms with Crippen molar-refractivity contribution in [2.75, 3.05) is 19.6 Å². The average Bonchev–Trinajstić information content (AvgIpc) is 2.27. The highest BCUT2D eigenvalue weighted by atomic mass is 16.2. The smallest absolute Gasteiger partial charge is 0.225 e. The van der Waals surface area contributed by atoms with Crippen LogP contribution in [0.4, 0.5) is 0 Å². The van der Waals surface area contributed by atoms with Crippen LogP contribution in [0.2, 0.25) is 0 Å². The second-order valence-electron chi connectivity index (χ2n) is 6.28. The van der Waals surface area contributed by atoms with Crippen molar-refractivity contribution in [3.8, 4) is 6.07 Å². The summed E-state index contributed by atoms with van der Waals surface area (Å²) in [5.74, 6) is 0.679. The Morgan fingerprint density at radius 3 is 2.61 bits per heavy atom. The first-order valence-electron chi connectivity index (χ1n) is 6.77. The van der Waals surface area contributed by atoms with Crippen LogP contribution in [0.3, 0.4) is 0 Å². The lowest BCUT2D eigenvalue weighted by Crippen LogP contribution is -2.52. The molecule has 0 aromatic rings. The van der Waals surface area contributed by atoms with Gasteiger partial charge in [0, 0.05) is 24.5 Å². The van der Waals surface area contributed by atoms with E-state index in [9.17, 15) is 4.79 Å². The van der Waals surface area contributed by atoms with Crippen LogP contribution in [0.1, 0.15) is 40.5 Å². The average molecular weight is 251 g/mol. The Bertz CT molecular complexity index is 327. The molecule has 18 heavy (non-hydrogen) atoms. The predicted octanol–water partition coefficient (Wildman–Crippen LogP) is 1.77. The lowest BCUT2D eigenvalue weighted by atomic mass is 9.90. The Hall–Kier alpha value is -1.08. The first-order valence-corrected chi connectivity index (χ1v) is 6.77. The predicted molar refractivity (Wildman–Crippen MR) is 71.8 cm³/mol. The van der Waals surface area contributed by atoms with E-state index >= 15 is 0 Å². The molecule has 0 spiro atoms. The molecule has 0 aliphatic carbocycles. The summed E-state index contributed by atoms with van der Waals surface area (Å²) in [6.07, 6.45) is 2.13. The highest BCUT2D eigenvalue weighted by molar-refractivity contribution is 5.81. The van der Waals surface area contributed by atoms with Crippen LogP contribution in [-0.4, -0.2) is 36.5 Å². The lowest BCUT2D eigenvalue weighted by Gasteiger charge is -2.37. The maximum atomic E-state index is 12.0. The zero-order chi connectivity index (χ0) is 13.8. The van der Waals surface area contributed by atoms with Crippen molar-refractivity contribution in [1.29, 1.82) is 5.26 Å². The number of carbonyl (C=O) groups is 1. The minimum atomic E-state index is -0.348. The molecular formula is C14H25N3O. The van der Waals surface area contributed by atoms with Gasteiger partial charge in [0.25, 0.3) is 0 Å². The molecule has 1 saturated heterocycles. The molecule has 1 N–H and O–H groups in total. The molecule has 2 unspecified atom stereocenters. The summed E-state index contributed by atoms with van der Waals surface area (Å²) in [5.41, 5.74) is -0.348. The minimum absolute atomic E-state index is 0.0983. The lowest BCUT2D eigenvalue weighted by molar-refractivity contribution is -0.129. The summed E-state index contributed by atoms with van der Waals surface area (Å²) in [6, 6.07) is 2.38. The van der Waals surface area contributed by atoms with Gasteiger partial charge in [-0.3, -0.25) is 9.69 Å². The van der Waals surface area contributed by atoms with E-state index in [1.807, 2.05) is 20.8 Å². The Labute approximate surface area is 110 Å². The SMILES string of the molecule is CCC1CC(NC(=O)C(C)(C)C)CN(CC#N)C1. The van der Waals surface area contributed by atoms with Gasteiger partial charge < -0.3 is 5.32 Å². The number of hydrogen-bond donors (Lipinski definition) is 1. The molecule has 1 aliphatic rings. The largest absolute Gasteiger partial charge is 0.352 e. The second-order valence-corrected chi connectivity index (χ2v) is 6.28. The van der Waals surface area contributed by atoms with Crippen LogP contribution in [0.25, 0.3) is 0 Å². The maximum absolute atomic E-state index is 12.0. The highest BCUT2D eigenvalue weighted by Crippen LogP contribution is 2.21. The standard InChI is InChI=1S/C14H25N3O/c1-5-11-8-12(10-17(9-11)7-6-15)16-13(18)14(2,3)4/h11-12H,5,7-10H2,1-4H3,(H,16,18). The molecular weight excluding hydrogens is 226 g/mol. The zero-order valence-electron chi connectivity index (χ0n) is 12.0. The number of carbonyl (C=O) groups excluding carboxylic acids is 1. The quantitative estimate of drug-likeness (QED) is 0.778. The fourth-order valence-corrected chi connectivity index (χ4v) is 2.33. The number of likely N-dealkylation sites (tertiary alicyclic amines) is 1. The monoisotopic (exact) mass is 251 g/mol. The van der Waals surface area contributed by atoms with Crippen molar-refractivity contribution >= 4 is 5.91 Å². The molecule has 1 aliphatic heterocycles. The Morgan fingerprint density at radius 1 is 1.44 bits per heavy atom. The minimum Gasteiger partial charge on any atom is -0.352 e. The molecule has 0 bridgehead atoms. The first-order chi connectivity index (χ1) is 8.36. The van der Waals surface area contributed by atoms with E-state index in [2.05, 4.69) is 23.2 Å².